The Bertz CT molecular complexity index is 823. The minimum atomic E-state index is -1.53. The maximum Gasteiger partial charge on any atom is 0.513 e. The van der Waals surface area contributed by atoms with Gasteiger partial charge in [0.2, 0.25) is 0 Å². The summed E-state index contributed by atoms with van der Waals surface area (Å²) in [6.07, 6.45) is -6.61. The summed E-state index contributed by atoms with van der Waals surface area (Å²) in [5, 5.41) is 39.7. The Morgan fingerprint density at radius 2 is 1.61 bits per heavy atom. The first-order valence-corrected chi connectivity index (χ1v) is 12.6. The highest BCUT2D eigenvalue weighted by Crippen LogP contribution is 2.36. The highest BCUT2D eigenvalue weighted by atomic mass is 16.7. The molecule has 1 aromatic carbocycles. The van der Waals surface area contributed by atoms with Crippen molar-refractivity contribution in [1.29, 1.82) is 0 Å². The number of benzene rings is 1. The van der Waals surface area contributed by atoms with Crippen LogP contribution in [0, 0.1) is 5.41 Å². The molecule has 36 heavy (non-hydrogen) atoms. The summed E-state index contributed by atoms with van der Waals surface area (Å²) >= 11 is 0. The monoisotopic (exact) mass is 512 g/mol. The molecule has 1 aromatic rings. The molecule has 0 spiro atoms. The molecule has 10 nitrogen and oxygen atoms in total. The third-order valence-corrected chi connectivity index (χ3v) is 6.96. The lowest BCUT2D eigenvalue weighted by Crippen LogP contribution is -2.59. The highest BCUT2D eigenvalue weighted by molar-refractivity contribution is 5.66. The number of rotatable bonds is 9. The fraction of sp³-hybridized carbons (Fsp3) is 0.731. The molecule has 3 rings (SSSR count). The van der Waals surface area contributed by atoms with Gasteiger partial charge in [-0.05, 0) is 35.8 Å². The number of aliphatic hydroxyl groups is 4. The number of hydrogen-bond donors (Lipinski definition) is 4. The van der Waals surface area contributed by atoms with E-state index in [4.69, 9.17) is 23.7 Å². The first kappa shape index (κ1) is 28.8. The maximum atomic E-state index is 12.8. The summed E-state index contributed by atoms with van der Waals surface area (Å²) in [5.41, 5.74) is 1.21. The highest BCUT2D eigenvalue weighted by Gasteiger charge is 2.45. The number of ether oxygens (including phenoxy) is 5. The van der Waals surface area contributed by atoms with Gasteiger partial charge >= 0.3 is 6.16 Å². The van der Waals surface area contributed by atoms with Crippen LogP contribution in [0.3, 0.4) is 0 Å². The van der Waals surface area contributed by atoms with Gasteiger partial charge in [-0.1, -0.05) is 45.9 Å². The predicted octanol–water partition coefficient (Wildman–Crippen LogP) is 2.06. The molecule has 3 unspecified atom stereocenters. The number of para-hydroxylation sites is 1. The zero-order valence-electron chi connectivity index (χ0n) is 21.5. The number of carbonyl (C=O) groups excluding carboxylic acids is 1. The van der Waals surface area contributed by atoms with Crippen LogP contribution in [0.25, 0.3) is 0 Å². The lowest BCUT2D eigenvalue weighted by Gasteiger charge is -2.42. The van der Waals surface area contributed by atoms with Gasteiger partial charge in [0.1, 0.15) is 36.8 Å². The van der Waals surface area contributed by atoms with Crippen molar-refractivity contribution in [3.05, 3.63) is 29.3 Å². The van der Waals surface area contributed by atoms with Crippen molar-refractivity contribution >= 4 is 6.16 Å². The minimum absolute atomic E-state index is 0.00648. The van der Waals surface area contributed by atoms with Crippen LogP contribution < -0.4 is 4.74 Å². The van der Waals surface area contributed by atoms with E-state index in [2.05, 4.69) is 0 Å². The summed E-state index contributed by atoms with van der Waals surface area (Å²) in [6.45, 7) is 8.48. The van der Waals surface area contributed by atoms with E-state index >= 15 is 0 Å². The van der Waals surface area contributed by atoms with Crippen LogP contribution in [0.2, 0.25) is 0 Å². The SMILES string of the molecule is CC(C)c1cccc(C(C)C)c1OC(=O)OCC1(COC2OC(CO)[C@@H](O)C(O)[C@H]2O)CCOCC1. The molecule has 2 fully saturated rings. The molecule has 0 aromatic heterocycles. The van der Waals surface area contributed by atoms with Crippen molar-refractivity contribution in [2.24, 2.45) is 5.41 Å². The van der Waals surface area contributed by atoms with E-state index in [1.807, 2.05) is 45.9 Å². The minimum Gasteiger partial charge on any atom is -0.433 e. The van der Waals surface area contributed by atoms with Crippen LogP contribution in [0.5, 0.6) is 5.75 Å². The van der Waals surface area contributed by atoms with E-state index in [0.717, 1.165) is 11.1 Å². The molecule has 5 atom stereocenters. The van der Waals surface area contributed by atoms with Gasteiger partial charge < -0.3 is 44.1 Å². The molecule has 204 valence electrons. The topological polar surface area (TPSA) is 144 Å². The average Bonchev–Trinajstić information content (AvgIpc) is 2.86. The Hall–Kier alpha value is -1.79. The van der Waals surface area contributed by atoms with Crippen LogP contribution >= 0.6 is 0 Å². The van der Waals surface area contributed by atoms with Crippen molar-refractivity contribution in [3.8, 4) is 5.75 Å². The van der Waals surface area contributed by atoms with Crippen molar-refractivity contribution in [3.63, 3.8) is 0 Å². The van der Waals surface area contributed by atoms with Crippen LogP contribution in [0.1, 0.15) is 63.5 Å². The average molecular weight is 513 g/mol. The molecule has 2 saturated heterocycles. The van der Waals surface area contributed by atoms with E-state index in [0.29, 0.717) is 31.8 Å². The van der Waals surface area contributed by atoms with Crippen LogP contribution in [-0.4, -0.2) is 90.3 Å². The van der Waals surface area contributed by atoms with Gasteiger partial charge in [0, 0.05) is 18.6 Å². The molecular weight excluding hydrogens is 472 g/mol. The number of aliphatic hydroxyl groups excluding tert-OH is 4. The summed E-state index contributed by atoms with van der Waals surface area (Å²) in [7, 11) is 0. The van der Waals surface area contributed by atoms with Gasteiger partial charge in [-0.3, -0.25) is 0 Å². The predicted molar refractivity (Wildman–Crippen MR) is 129 cm³/mol. The molecule has 0 saturated carbocycles. The molecule has 0 amide bonds. The first-order valence-electron chi connectivity index (χ1n) is 12.6. The fourth-order valence-electron chi connectivity index (χ4n) is 4.52. The maximum absolute atomic E-state index is 12.8. The van der Waals surface area contributed by atoms with Gasteiger partial charge in [0.05, 0.1) is 13.2 Å². The largest absolute Gasteiger partial charge is 0.513 e. The second-order valence-corrected chi connectivity index (χ2v) is 10.3. The van der Waals surface area contributed by atoms with Crippen molar-refractivity contribution in [1.82, 2.24) is 0 Å². The van der Waals surface area contributed by atoms with E-state index in [-0.39, 0.29) is 25.0 Å². The summed E-state index contributed by atoms with van der Waals surface area (Å²) in [6, 6.07) is 5.83. The van der Waals surface area contributed by atoms with E-state index in [9.17, 15) is 25.2 Å². The van der Waals surface area contributed by atoms with Crippen LogP contribution in [0.15, 0.2) is 18.2 Å². The zero-order chi connectivity index (χ0) is 26.5. The second-order valence-electron chi connectivity index (χ2n) is 10.3. The van der Waals surface area contributed by atoms with Gasteiger partial charge in [-0.2, -0.15) is 0 Å². The normalized spacial score (nSPS) is 28.3. The Kier molecular flexibility index (Phi) is 10.1. The van der Waals surface area contributed by atoms with Gasteiger partial charge in [-0.15, -0.1) is 0 Å². The third kappa shape index (κ3) is 6.74. The lowest BCUT2D eigenvalue weighted by atomic mass is 9.82. The fourth-order valence-corrected chi connectivity index (χ4v) is 4.52. The van der Waals surface area contributed by atoms with Crippen LogP contribution in [-0.2, 0) is 18.9 Å². The Balaban J connectivity index is 1.67. The smallest absolute Gasteiger partial charge is 0.433 e. The molecule has 4 N–H and O–H groups in total. The van der Waals surface area contributed by atoms with E-state index in [1.165, 1.54) is 0 Å². The third-order valence-electron chi connectivity index (χ3n) is 6.96. The molecule has 2 aliphatic rings. The van der Waals surface area contributed by atoms with Crippen molar-refractivity contribution in [2.45, 2.75) is 83.1 Å². The lowest BCUT2D eigenvalue weighted by molar-refractivity contribution is -0.308. The Labute approximate surface area is 212 Å². The molecule has 0 radical (unpaired) electrons. The van der Waals surface area contributed by atoms with Gasteiger partial charge in [0.15, 0.2) is 6.29 Å². The van der Waals surface area contributed by atoms with Crippen LogP contribution in [0.4, 0.5) is 4.79 Å². The van der Waals surface area contributed by atoms with Crippen molar-refractivity contribution in [2.75, 3.05) is 33.0 Å². The zero-order valence-corrected chi connectivity index (χ0v) is 21.5. The van der Waals surface area contributed by atoms with Gasteiger partial charge in [-0.25, -0.2) is 4.79 Å². The molecule has 0 aliphatic carbocycles. The molecule has 10 heteroatoms. The summed E-state index contributed by atoms with van der Waals surface area (Å²) in [5.74, 6) is 0.826. The Morgan fingerprint density at radius 1 is 1.00 bits per heavy atom. The quantitative estimate of drug-likeness (QED) is 0.287. The molecule has 2 heterocycles. The molecule has 2 aliphatic heterocycles. The Morgan fingerprint density at radius 3 is 2.17 bits per heavy atom. The molecular formula is C26H40O10. The summed E-state index contributed by atoms with van der Waals surface area (Å²) in [4.78, 5) is 12.8. The van der Waals surface area contributed by atoms with E-state index in [1.54, 1.807) is 0 Å². The standard InChI is InChI=1S/C26H40O10/c1-15(2)17-6-5-7-18(16(3)4)23(17)36-25(31)34-14-26(8-10-32-11-9-26)13-33-24-22(30)21(29)20(28)19(12-27)35-24/h5-7,15-16,19-22,24,27-30H,8-14H2,1-4H3/t19?,20-,21?,22-,24?/m1/s1. The number of hydrogen-bond acceptors (Lipinski definition) is 10. The van der Waals surface area contributed by atoms with Gasteiger partial charge in [0.25, 0.3) is 0 Å². The number of carbonyl (C=O) groups is 1. The first-order chi connectivity index (χ1) is 17.1. The van der Waals surface area contributed by atoms with E-state index < -0.39 is 48.9 Å². The summed E-state index contributed by atoms with van der Waals surface area (Å²) < 4.78 is 28.0. The second kappa shape index (κ2) is 12.6. The molecule has 0 bridgehead atoms. The van der Waals surface area contributed by atoms with Crippen molar-refractivity contribution < 1.29 is 48.9 Å².